The summed E-state index contributed by atoms with van der Waals surface area (Å²) in [6.45, 7) is 2.90. The molecule has 1 amide bonds. The van der Waals surface area contributed by atoms with Gasteiger partial charge in [-0.3, -0.25) is 4.79 Å². The zero-order chi connectivity index (χ0) is 18.5. The second-order valence-corrected chi connectivity index (χ2v) is 7.09. The number of hydrogen-bond acceptors (Lipinski definition) is 3. The van der Waals surface area contributed by atoms with Gasteiger partial charge in [0.25, 0.3) is 5.91 Å². The molecule has 0 spiro atoms. The normalized spacial score (nSPS) is 12.2. The number of amides is 1. The molecular formula is C20H19ClN2O2S. The van der Waals surface area contributed by atoms with Gasteiger partial charge in [-0.05, 0) is 42.3 Å². The molecule has 0 aliphatic heterocycles. The van der Waals surface area contributed by atoms with E-state index in [0.29, 0.717) is 9.82 Å². The van der Waals surface area contributed by atoms with Crippen LogP contribution in [0.4, 0.5) is 0 Å². The van der Waals surface area contributed by atoms with Crippen LogP contribution in [0, 0.1) is 0 Å². The Morgan fingerprint density at radius 3 is 2.85 bits per heavy atom. The van der Waals surface area contributed by atoms with Crippen molar-refractivity contribution in [2.24, 2.45) is 4.99 Å². The highest BCUT2D eigenvalue weighted by molar-refractivity contribution is 7.16. The number of nitrogens with zero attached hydrogens (tertiary/aromatic N) is 2. The number of methoxy groups -OCH3 is 1. The van der Waals surface area contributed by atoms with Gasteiger partial charge in [-0.2, -0.15) is 4.99 Å². The summed E-state index contributed by atoms with van der Waals surface area (Å²) in [7, 11) is 1.64. The number of carbonyl (C=O) groups excluding carboxylic acids is 1. The first-order valence-corrected chi connectivity index (χ1v) is 9.50. The SMILES string of the molecule is CCCn1c(=NC(=O)/C=C/c2ccccc2Cl)sc2cc(OC)ccc21. The minimum atomic E-state index is -0.312. The summed E-state index contributed by atoms with van der Waals surface area (Å²) in [5.41, 5.74) is 1.85. The quantitative estimate of drug-likeness (QED) is 0.584. The van der Waals surface area contributed by atoms with Crippen molar-refractivity contribution in [3.05, 3.63) is 63.9 Å². The third kappa shape index (κ3) is 4.06. The number of benzene rings is 2. The molecular weight excluding hydrogens is 368 g/mol. The summed E-state index contributed by atoms with van der Waals surface area (Å²) >= 11 is 7.59. The lowest BCUT2D eigenvalue weighted by atomic mass is 10.2. The summed E-state index contributed by atoms with van der Waals surface area (Å²) in [6.07, 6.45) is 4.09. The molecule has 1 aromatic heterocycles. The third-order valence-electron chi connectivity index (χ3n) is 3.85. The van der Waals surface area contributed by atoms with Gasteiger partial charge in [0.1, 0.15) is 5.75 Å². The highest BCUT2D eigenvalue weighted by Crippen LogP contribution is 2.23. The fourth-order valence-corrected chi connectivity index (χ4v) is 3.90. The maximum atomic E-state index is 12.3. The molecule has 2 aromatic carbocycles. The van der Waals surface area contributed by atoms with Crippen molar-refractivity contribution in [1.29, 1.82) is 0 Å². The first kappa shape index (κ1) is 18.4. The average molecular weight is 387 g/mol. The van der Waals surface area contributed by atoms with Crippen LogP contribution >= 0.6 is 22.9 Å². The minimum Gasteiger partial charge on any atom is -0.497 e. The monoisotopic (exact) mass is 386 g/mol. The number of thiazole rings is 1. The van der Waals surface area contributed by atoms with Gasteiger partial charge in [0.15, 0.2) is 4.80 Å². The zero-order valence-corrected chi connectivity index (χ0v) is 16.2. The van der Waals surface area contributed by atoms with Gasteiger partial charge in [-0.15, -0.1) is 0 Å². The number of fused-ring (bicyclic) bond motifs is 1. The molecule has 0 bridgehead atoms. The van der Waals surface area contributed by atoms with Crippen molar-refractivity contribution >= 4 is 45.1 Å². The van der Waals surface area contributed by atoms with Crippen LogP contribution in [0.2, 0.25) is 5.02 Å². The summed E-state index contributed by atoms with van der Waals surface area (Å²) < 4.78 is 8.40. The first-order valence-electron chi connectivity index (χ1n) is 8.31. The molecule has 0 saturated carbocycles. The molecule has 0 atom stereocenters. The van der Waals surface area contributed by atoms with Crippen molar-refractivity contribution in [2.75, 3.05) is 7.11 Å². The molecule has 0 fully saturated rings. The van der Waals surface area contributed by atoms with Crippen molar-refractivity contribution in [3.63, 3.8) is 0 Å². The lowest BCUT2D eigenvalue weighted by molar-refractivity contribution is -0.113. The van der Waals surface area contributed by atoms with Gasteiger partial charge < -0.3 is 9.30 Å². The van der Waals surface area contributed by atoms with Crippen LogP contribution in [0.1, 0.15) is 18.9 Å². The highest BCUT2D eigenvalue weighted by Gasteiger charge is 2.08. The second kappa shape index (κ2) is 8.34. The maximum Gasteiger partial charge on any atom is 0.272 e. The van der Waals surface area contributed by atoms with E-state index in [1.807, 2.05) is 36.4 Å². The van der Waals surface area contributed by atoms with E-state index in [1.165, 1.54) is 17.4 Å². The standard InChI is InChI=1S/C20H19ClN2O2S/c1-3-12-23-17-10-9-15(25-2)13-18(17)26-20(23)22-19(24)11-8-14-6-4-5-7-16(14)21/h4-11,13H,3,12H2,1-2H3/b11-8+,22-20?. The van der Waals surface area contributed by atoms with Gasteiger partial charge in [0, 0.05) is 17.6 Å². The molecule has 0 radical (unpaired) electrons. The van der Waals surface area contributed by atoms with Crippen molar-refractivity contribution in [1.82, 2.24) is 4.57 Å². The predicted octanol–water partition coefficient (Wildman–Crippen LogP) is 4.92. The smallest absolute Gasteiger partial charge is 0.272 e. The van der Waals surface area contributed by atoms with Crippen LogP contribution in [0.3, 0.4) is 0 Å². The number of aromatic nitrogens is 1. The molecule has 3 aromatic rings. The molecule has 1 heterocycles. The van der Waals surface area contributed by atoms with Crippen LogP contribution in [0.5, 0.6) is 5.75 Å². The Balaban J connectivity index is 1.98. The van der Waals surface area contributed by atoms with Gasteiger partial charge in [-0.25, -0.2) is 0 Å². The lowest BCUT2D eigenvalue weighted by Crippen LogP contribution is -2.16. The summed E-state index contributed by atoms with van der Waals surface area (Å²) in [4.78, 5) is 17.3. The summed E-state index contributed by atoms with van der Waals surface area (Å²) in [5, 5.41) is 0.603. The van der Waals surface area contributed by atoms with E-state index in [1.54, 1.807) is 19.3 Å². The topological polar surface area (TPSA) is 43.6 Å². The van der Waals surface area contributed by atoms with Crippen molar-refractivity contribution in [2.45, 2.75) is 19.9 Å². The van der Waals surface area contributed by atoms with Crippen LogP contribution in [0.15, 0.2) is 53.5 Å². The first-order chi connectivity index (χ1) is 12.6. The maximum absolute atomic E-state index is 12.3. The number of rotatable bonds is 5. The Labute approximate surface area is 161 Å². The molecule has 0 aliphatic rings. The molecule has 0 saturated heterocycles. The molecule has 0 aliphatic carbocycles. The Morgan fingerprint density at radius 2 is 2.12 bits per heavy atom. The number of aryl methyl sites for hydroxylation is 1. The Kier molecular flexibility index (Phi) is 5.91. The Morgan fingerprint density at radius 1 is 1.31 bits per heavy atom. The second-order valence-electron chi connectivity index (χ2n) is 5.67. The Bertz CT molecular complexity index is 1030. The highest BCUT2D eigenvalue weighted by atomic mass is 35.5. The molecule has 26 heavy (non-hydrogen) atoms. The molecule has 0 unspecified atom stereocenters. The van der Waals surface area contributed by atoms with E-state index >= 15 is 0 Å². The number of ether oxygens (including phenoxy) is 1. The van der Waals surface area contributed by atoms with E-state index in [-0.39, 0.29) is 5.91 Å². The third-order valence-corrected chi connectivity index (χ3v) is 5.24. The minimum absolute atomic E-state index is 0.312. The van der Waals surface area contributed by atoms with E-state index in [9.17, 15) is 4.79 Å². The van der Waals surface area contributed by atoms with Crippen LogP contribution in [-0.4, -0.2) is 17.6 Å². The van der Waals surface area contributed by atoms with Gasteiger partial charge >= 0.3 is 0 Å². The molecule has 0 N–H and O–H groups in total. The largest absolute Gasteiger partial charge is 0.497 e. The van der Waals surface area contributed by atoms with Gasteiger partial charge in [-0.1, -0.05) is 48.1 Å². The molecule has 134 valence electrons. The van der Waals surface area contributed by atoms with Crippen LogP contribution in [0.25, 0.3) is 16.3 Å². The fourth-order valence-electron chi connectivity index (χ4n) is 2.61. The van der Waals surface area contributed by atoms with E-state index in [0.717, 1.165) is 34.5 Å². The Hall–Kier alpha value is -2.37. The van der Waals surface area contributed by atoms with Crippen molar-refractivity contribution in [3.8, 4) is 5.75 Å². The summed E-state index contributed by atoms with van der Waals surface area (Å²) in [5.74, 6) is 0.479. The van der Waals surface area contributed by atoms with E-state index in [2.05, 4.69) is 16.5 Å². The number of hydrogen-bond donors (Lipinski definition) is 0. The lowest BCUT2D eigenvalue weighted by Gasteiger charge is -2.03. The number of carbonyl (C=O) groups is 1. The van der Waals surface area contributed by atoms with Crippen LogP contribution in [-0.2, 0) is 11.3 Å². The summed E-state index contributed by atoms with van der Waals surface area (Å²) in [6, 6.07) is 13.3. The number of halogens is 1. The predicted molar refractivity (Wildman–Crippen MR) is 108 cm³/mol. The van der Waals surface area contributed by atoms with Gasteiger partial charge in [0.05, 0.1) is 17.3 Å². The molecule has 3 rings (SSSR count). The van der Waals surface area contributed by atoms with E-state index < -0.39 is 0 Å². The van der Waals surface area contributed by atoms with Gasteiger partial charge in [0.2, 0.25) is 0 Å². The van der Waals surface area contributed by atoms with E-state index in [4.69, 9.17) is 16.3 Å². The zero-order valence-electron chi connectivity index (χ0n) is 14.6. The van der Waals surface area contributed by atoms with Crippen molar-refractivity contribution < 1.29 is 9.53 Å². The fraction of sp³-hybridized carbons (Fsp3) is 0.200. The average Bonchev–Trinajstić information content (AvgIpc) is 2.97. The molecule has 4 nitrogen and oxygen atoms in total. The van der Waals surface area contributed by atoms with Crippen LogP contribution < -0.4 is 9.54 Å². The molecule has 6 heteroatoms.